The monoisotopic (exact) mass is 298 g/mol. The molecule has 3 rings (SSSR count). The third-order valence-electron chi connectivity index (χ3n) is 5.14. The fraction of sp³-hybridized carbons (Fsp3) is 0.400. The van der Waals surface area contributed by atoms with Crippen molar-refractivity contribution < 1.29 is 0 Å². The number of aryl methyl sites for hydroxylation is 2. The summed E-state index contributed by atoms with van der Waals surface area (Å²) in [6, 6.07) is 13.1. The fourth-order valence-corrected chi connectivity index (χ4v) is 4.10. The normalized spacial score (nSPS) is 22.1. The molecule has 21 heavy (non-hydrogen) atoms. The Hall–Kier alpha value is -1.27. The van der Waals surface area contributed by atoms with Gasteiger partial charge in [-0.3, -0.25) is 0 Å². The van der Waals surface area contributed by atoms with Gasteiger partial charge in [-0.25, -0.2) is 0 Å². The van der Waals surface area contributed by atoms with Gasteiger partial charge in [0.15, 0.2) is 0 Å². The molecule has 0 amide bonds. The topological polar surface area (TPSA) is 0 Å². The van der Waals surface area contributed by atoms with Crippen LogP contribution >= 0.6 is 11.6 Å². The molecule has 2 aromatic carbocycles. The van der Waals surface area contributed by atoms with Crippen LogP contribution in [0, 0.1) is 33.6 Å². The lowest BCUT2D eigenvalue weighted by Gasteiger charge is -2.20. The van der Waals surface area contributed by atoms with Gasteiger partial charge in [0.2, 0.25) is 0 Å². The summed E-state index contributed by atoms with van der Waals surface area (Å²) < 4.78 is 0. The molecule has 0 heterocycles. The quantitative estimate of drug-likeness (QED) is 0.609. The Morgan fingerprint density at radius 2 is 1.52 bits per heavy atom. The molecule has 2 aromatic rings. The van der Waals surface area contributed by atoms with Crippen molar-refractivity contribution in [1.29, 1.82) is 0 Å². The van der Waals surface area contributed by atoms with Gasteiger partial charge in [-0.2, -0.15) is 0 Å². The minimum Gasteiger partial charge on any atom is -0.117 e. The first-order valence-electron chi connectivity index (χ1n) is 7.77. The SMILES string of the molecule is Cc1cc(C)c(C)c(C(Cl)C2CC2c2ccccc2)c1C. The summed E-state index contributed by atoms with van der Waals surface area (Å²) in [7, 11) is 0. The predicted molar refractivity (Wildman–Crippen MR) is 91.3 cm³/mol. The van der Waals surface area contributed by atoms with Crippen molar-refractivity contribution in [3.05, 3.63) is 69.8 Å². The van der Waals surface area contributed by atoms with E-state index in [4.69, 9.17) is 11.6 Å². The lowest BCUT2D eigenvalue weighted by atomic mass is 9.90. The Morgan fingerprint density at radius 3 is 2.10 bits per heavy atom. The highest BCUT2D eigenvalue weighted by Crippen LogP contribution is 2.57. The molecule has 0 radical (unpaired) electrons. The van der Waals surface area contributed by atoms with Gasteiger partial charge in [0.1, 0.15) is 0 Å². The first kappa shape index (κ1) is 14.7. The fourth-order valence-electron chi connectivity index (χ4n) is 3.50. The molecule has 1 aliphatic rings. The van der Waals surface area contributed by atoms with E-state index in [1.165, 1.54) is 39.8 Å². The highest BCUT2D eigenvalue weighted by Gasteiger charge is 2.44. The summed E-state index contributed by atoms with van der Waals surface area (Å²) in [5.41, 5.74) is 8.27. The Balaban J connectivity index is 1.90. The molecule has 3 unspecified atom stereocenters. The van der Waals surface area contributed by atoms with E-state index in [1.807, 2.05) is 0 Å². The smallest absolute Gasteiger partial charge is 0.0624 e. The first-order chi connectivity index (χ1) is 10.0. The van der Waals surface area contributed by atoms with Crippen molar-refractivity contribution in [3.8, 4) is 0 Å². The van der Waals surface area contributed by atoms with Crippen LogP contribution in [0.1, 0.15) is 51.1 Å². The van der Waals surface area contributed by atoms with E-state index in [2.05, 4.69) is 64.1 Å². The van der Waals surface area contributed by atoms with Crippen LogP contribution in [-0.2, 0) is 0 Å². The van der Waals surface area contributed by atoms with Crippen molar-refractivity contribution in [2.75, 3.05) is 0 Å². The summed E-state index contributed by atoms with van der Waals surface area (Å²) in [5.74, 6) is 1.21. The molecule has 1 aliphatic carbocycles. The van der Waals surface area contributed by atoms with Gasteiger partial charge in [0.25, 0.3) is 0 Å². The molecule has 0 aromatic heterocycles. The maximum absolute atomic E-state index is 6.90. The van der Waals surface area contributed by atoms with Crippen LogP contribution in [-0.4, -0.2) is 0 Å². The van der Waals surface area contributed by atoms with Gasteiger partial charge in [-0.15, -0.1) is 11.6 Å². The molecule has 0 spiro atoms. The maximum atomic E-state index is 6.90. The van der Waals surface area contributed by atoms with Crippen molar-refractivity contribution in [3.63, 3.8) is 0 Å². The molecular formula is C20H23Cl. The van der Waals surface area contributed by atoms with Crippen LogP contribution in [0.25, 0.3) is 0 Å². The van der Waals surface area contributed by atoms with Crippen molar-refractivity contribution in [2.24, 2.45) is 5.92 Å². The molecule has 0 nitrogen and oxygen atoms in total. The van der Waals surface area contributed by atoms with Crippen LogP contribution < -0.4 is 0 Å². The predicted octanol–water partition coefficient (Wildman–Crippen LogP) is 6.00. The summed E-state index contributed by atoms with van der Waals surface area (Å²) in [4.78, 5) is 0. The highest BCUT2D eigenvalue weighted by molar-refractivity contribution is 6.21. The van der Waals surface area contributed by atoms with E-state index in [0.717, 1.165) is 0 Å². The molecule has 0 N–H and O–H groups in total. The van der Waals surface area contributed by atoms with Gasteiger partial charge in [0.05, 0.1) is 5.38 Å². The summed E-state index contributed by atoms with van der Waals surface area (Å²) in [6.07, 6.45) is 1.21. The van der Waals surface area contributed by atoms with Crippen LogP contribution in [0.2, 0.25) is 0 Å². The van der Waals surface area contributed by atoms with Gasteiger partial charge in [0, 0.05) is 0 Å². The molecule has 1 saturated carbocycles. The standard InChI is InChI=1S/C20H23Cl/c1-12-10-13(2)15(4)19(14(12)3)20(21)18-11-17(18)16-8-6-5-7-9-16/h5-10,17-18,20H,11H2,1-4H3. The van der Waals surface area contributed by atoms with Crippen molar-refractivity contribution >= 4 is 11.6 Å². The number of alkyl halides is 1. The zero-order chi connectivity index (χ0) is 15.1. The summed E-state index contributed by atoms with van der Waals surface area (Å²) in [5, 5.41) is 0.133. The highest BCUT2D eigenvalue weighted by atomic mass is 35.5. The van der Waals surface area contributed by atoms with Crippen molar-refractivity contribution in [2.45, 2.75) is 45.4 Å². The molecular weight excluding hydrogens is 276 g/mol. The lowest BCUT2D eigenvalue weighted by Crippen LogP contribution is -2.04. The summed E-state index contributed by atoms with van der Waals surface area (Å²) >= 11 is 6.90. The van der Waals surface area contributed by atoms with Gasteiger partial charge < -0.3 is 0 Å². The Labute approximate surface area is 133 Å². The third kappa shape index (κ3) is 2.62. The second-order valence-electron chi connectivity index (χ2n) is 6.49. The minimum absolute atomic E-state index is 0.133. The molecule has 110 valence electrons. The second kappa shape index (κ2) is 5.50. The molecule has 0 aliphatic heterocycles. The zero-order valence-electron chi connectivity index (χ0n) is 13.3. The molecule has 3 atom stereocenters. The number of benzene rings is 2. The average Bonchev–Trinajstić information content (AvgIpc) is 3.27. The van der Waals surface area contributed by atoms with E-state index in [0.29, 0.717) is 11.8 Å². The Kier molecular flexibility index (Phi) is 3.84. The maximum Gasteiger partial charge on any atom is 0.0624 e. The van der Waals surface area contributed by atoms with Gasteiger partial charge in [-0.05, 0) is 79.3 Å². The first-order valence-corrected chi connectivity index (χ1v) is 8.20. The molecule has 1 fully saturated rings. The van der Waals surface area contributed by atoms with E-state index in [1.54, 1.807) is 0 Å². The molecule has 0 saturated heterocycles. The number of hydrogen-bond acceptors (Lipinski definition) is 0. The molecule has 1 heteroatoms. The number of rotatable bonds is 3. The van der Waals surface area contributed by atoms with Crippen LogP contribution in [0.3, 0.4) is 0 Å². The zero-order valence-corrected chi connectivity index (χ0v) is 14.0. The Bertz CT molecular complexity index is 631. The summed E-state index contributed by atoms with van der Waals surface area (Å²) in [6.45, 7) is 8.81. The minimum atomic E-state index is 0.133. The van der Waals surface area contributed by atoms with E-state index < -0.39 is 0 Å². The third-order valence-corrected chi connectivity index (χ3v) is 5.69. The lowest BCUT2D eigenvalue weighted by molar-refractivity contribution is 0.752. The van der Waals surface area contributed by atoms with E-state index in [9.17, 15) is 0 Å². The Morgan fingerprint density at radius 1 is 0.952 bits per heavy atom. The number of halogens is 1. The average molecular weight is 299 g/mol. The number of hydrogen-bond donors (Lipinski definition) is 0. The van der Waals surface area contributed by atoms with E-state index >= 15 is 0 Å². The van der Waals surface area contributed by atoms with Crippen LogP contribution in [0.5, 0.6) is 0 Å². The van der Waals surface area contributed by atoms with Crippen molar-refractivity contribution in [1.82, 2.24) is 0 Å². The van der Waals surface area contributed by atoms with Crippen LogP contribution in [0.4, 0.5) is 0 Å². The second-order valence-corrected chi connectivity index (χ2v) is 6.96. The van der Waals surface area contributed by atoms with E-state index in [-0.39, 0.29) is 5.38 Å². The van der Waals surface area contributed by atoms with Gasteiger partial charge >= 0.3 is 0 Å². The van der Waals surface area contributed by atoms with Crippen LogP contribution in [0.15, 0.2) is 36.4 Å². The van der Waals surface area contributed by atoms with Gasteiger partial charge in [-0.1, -0.05) is 36.4 Å². The molecule has 0 bridgehead atoms. The largest absolute Gasteiger partial charge is 0.117 e.